The second-order valence-electron chi connectivity index (χ2n) is 11.9. The Morgan fingerprint density at radius 1 is 0.943 bits per heavy atom. The first-order valence-corrected chi connectivity index (χ1v) is 14.5. The Morgan fingerprint density at radius 3 is 2.26 bits per heavy atom. The molecule has 2 saturated carbocycles. The SMILES string of the molecule is CCC(CC)c1cc([C@H]2CN3CC[C@H]2C[C@@H]3CN(CC2CC2)CC2CC2)nc(-c2ccncc2)n1. The normalized spacial score (nSPS) is 28.2. The van der Waals surface area contributed by atoms with Crippen molar-refractivity contribution in [3.63, 3.8) is 0 Å². The monoisotopic (exact) mass is 473 g/mol. The first-order chi connectivity index (χ1) is 17.2. The first-order valence-electron chi connectivity index (χ1n) is 14.5. The molecule has 0 amide bonds. The average Bonchev–Trinajstić information content (AvgIpc) is 3.83. The molecule has 0 radical (unpaired) electrons. The van der Waals surface area contributed by atoms with Crippen molar-refractivity contribution in [3.8, 4) is 11.4 Å². The zero-order chi connectivity index (χ0) is 23.8. The highest BCUT2D eigenvalue weighted by atomic mass is 15.2. The third-order valence-electron chi connectivity index (χ3n) is 9.26. The van der Waals surface area contributed by atoms with E-state index in [0.29, 0.717) is 11.8 Å². The summed E-state index contributed by atoms with van der Waals surface area (Å²) in [5.74, 6) is 4.67. The van der Waals surface area contributed by atoms with E-state index >= 15 is 0 Å². The number of aromatic nitrogens is 3. The molecule has 2 aromatic rings. The lowest BCUT2D eigenvalue weighted by molar-refractivity contribution is 0.00973. The zero-order valence-corrected chi connectivity index (χ0v) is 21.8. The van der Waals surface area contributed by atoms with Gasteiger partial charge in [0.15, 0.2) is 5.82 Å². The second kappa shape index (κ2) is 10.3. The van der Waals surface area contributed by atoms with Crippen LogP contribution in [0, 0.1) is 17.8 Å². The van der Waals surface area contributed by atoms with Gasteiger partial charge in [-0.15, -0.1) is 0 Å². The predicted octanol–water partition coefficient (Wildman–Crippen LogP) is 5.74. The molecule has 5 heteroatoms. The summed E-state index contributed by atoms with van der Waals surface area (Å²) in [4.78, 5) is 20.2. The summed E-state index contributed by atoms with van der Waals surface area (Å²) < 4.78 is 0. The van der Waals surface area contributed by atoms with E-state index < -0.39 is 0 Å². The number of hydrogen-bond donors (Lipinski definition) is 0. The maximum absolute atomic E-state index is 5.20. The zero-order valence-electron chi connectivity index (χ0n) is 21.8. The fourth-order valence-electron chi connectivity index (χ4n) is 6.74. The molecule has 2 bridgehead atoms. The van der Waals surface area contributed by atoms with Gasteiger partial charge in [-0.3, -0.25) is 9.88 Å². The van der Waals surface area contributed by atoms with Crippen LogP contribution in [0.2, 0.25) is 0 Å². The van der Waals surface area contributed by atoms with Gasteiger partial charge in [-0.2, -0.15) is 0 Å². The van der Waals surface area contributed by atoms with Gasteiger partial charge in [0.2, 0.25) is 0 Å². The second-order valence-corrected chi connectivity index (χ2v) is 11.9. The van der Waals surface area contributed by atoms with Gasteiger partial charge in [-0.05, 0) is 93.9 Å². The standard InChI is InChI=1S/C30H43N5/c1-3-23(4-2)28-16-29(33-30(32-28)24-9-12-31-13-10-24)27-20-35-14-11-25(27)15-26(35)19-34(17-21-5-6-21)18-22-7-8-22/h9-10,12-13,16,21-23,25-27H,3-8,11,14-15,17-20H2,1-2H3/t25-,26+,27-/m0/s1. The molecule has 5 heterocycles. The molecule has 1 unspecified atom stereocenters. The van der Waals surface area contributed by atoms with Crippen LogP contribution in [0.3, 0.4) is 0 Å². The van der Waals surface area contributed by atoms with Gasteiger partial charge in [0.25, 0.3) is 0 Å². The lowest BCUT2D eigenvalue weighted by Gasteiger charge is -2.51. The van der Waals surface area contributed by atoms with Gasteiger partial charge >= 0.3 is 0 Å². The van der Waals surface area contributed by atoms with Crippen molar-refractivity contribution in [2.24, 2.45) is 17.8 Å². The minimum absolute atomic E-state index is 0.504. The van der Waals surface area contributed by atoms with Gasteiger partial charge in [0, 0.05) is 73.4 Å². The Bertz CT molecular complexity index is 967. The maximum Gasteiger partial charge on any atom is 0.159 e. The van der Waals surface area contributed by atoms with Crippen LogP contribution in [-0.4, -0.2) is 63.5 Å². The molecular weight excluding hydrogens is 430 g/mol. The molecular formula is C30H43N5. The van der Waals surface area contributed by atoms with E-state index in [0.717, 1.165) is 48.0 Å². The number of nitrogens with zero attached hydrogens (tertiary/aromatic N) is 5. The topological polar surface area (TPSA) is 45.2 Å². The van der Waals surface area contributed by atoms with Crippen molar-refractivity contribution in [2.45, 2.75) is 83.1 Å². The first kappa shape index (κ1) is 23.5. The van der Waals surface area contributed by atoms with Crippen LogP contribution in [0.1, 0.15) is 88.4 Å². The molecule has 2 aromatic heterocycles. The van der Waals surface area contributed by atoms with E-state index in [-0.39, 0.29) is 0 Å². The minimum Gasteiger partial charge on any atom is -0.301 e. The summed E-state index contributed by atoms with van der Waals surface area (Å²) in [7, 11) is 0. The molecule has 0 N–H and O–H groups in total. The van der Waals surface area contributed by atoms with Gasteiger partial charge in [-0.25, -0.2) is 9.97 Å². The smallest absolute Gasteiger partial charge is 0.159 e. The molecule has 5 nitrogen and oxygen atoms in total. The van der Waals surface area contributed by atoms with E-state index in [1.807, 2.05) is 12.4 Å². The van der Waals surface area contributed by atoms with Gasteiger partial charge in [-0.1, -0.05) is 13.8 Å². The Hall–Kier alpha value is -1.85. The molecule has 5 fully saturated rings. The van der Waals surface area contributed by atoms with Crippen molar-refractivity contribution < 1.29 is 0 Å². The van der Waals surface area contributed by atoms with Crippen LogP contribution in [0.15, 0.2) is 30.6 Å². The molecule has 0 aromatic carbocycles. The third kappa shape index (κ3) is 5.46. The predicted molar refractivity (Wildman–Crippen MR) is 141 cm³/mol. The van der Waals surface area contributed by atoms with Gasteiger partial charge < -0.3 is 4.90 Å². The van der Waals surface area contributed by atoms with Crippen LogP contribution < -0.4 is 0 Å². The molecule has 3 saturated heterocycles. The Kier molecular flexibility index (Phi) is 6.90. The highest BCUT2D eigenvalue weighted by molar-refractivity contribution is 5.54. The fourth-order valence-corrected chi connectivity index (χ4v) is 6.74. The average molecular weight is 474 g/mol. The largest absolute Gasteiger partial charge is 0.301 e. The summed E-state index contributed by atoms with van der Waals surface area (Å²) in [5.41, 5.74) is 3.61. The molecule has 35 heavy (non-hydrogen) atoms. The summed E-state index contributed by atoms with van der Waals surface area (Å²) in [6, 6.07) is 7.21. The summed E-state index contributed by atoms with van der Waals surface area (Å²) in [6.45, 7) is 11.0. The molecule has 2 aliphatic carbocycles. The van der Waals surface area contributed by atoms with Crippen LogP contribution in [0.25, 0.3) is 11.4 Å². The Morgan fingerprint density at radius 2 is 1.66 bits per heavy atom. The quantitative estimate of drug-likeness (QED) is 0.416. The molecule has 3 aliphatic heterocycles. The molecule has 188 valence electrons. The van der Waals surface area contributed by atoms with Crippen LogP contribution >= 0.6 is 0 Å². The Balaban J connectivity index is 1.22. The van der Waals surface area contributed by atoms with Crippen LogP contribution in [-0.2, 0) is 0 Å². The van der Waals surface area contributed by atoms with Crippen LogP contribution in [0.4, 0.5) is 0 Å². The number of rotatable bonds is 11. The molecule has 7 rings (SSSR count). The van der Waals surface area contributed by atoms with Crippen molar-refractivity contribution in [3.05, 3.63) is 42.0 Å². The van der Waals surface area contributed by atoms with E-state index in [4.69, 9.17) is 9.97 Å². The van der Waals surface area contributed by atoms with Crippen molar-refractivity contribution in [2.75, 3.05) is 32.7 Å². The summed E-state index contributed by atoms with van der Waals surface area (Å²) in [6.07, 6.45) is 14.5. The third-order valence-corrected chi connectivity index (χ3v) is 9.26. The minimum atomic E-state index is 0.504. The molecule has 0 spiro atoms. The summed E-state index contributed by atoms with van der Waals surface area (Å²) in [5, 5.41) is 0. The molecule has 4 atom stereocenters. The van der Waals surface area contributed by atoms with E-state index in [2.05, 4.69) is 46.8 Å². The highest BCUT2D eigenvalue weighted by Gasteiger charge is 2.43. The molecule has 5 aliphatic rings. The number of hydrogen-bond acceptors (Lipinski definition) is 5. The lowest BCUT2D eigenvalue weighted by atomic mass is 9.73. The number of pyridine rings is 1. The van der Waals surface area contributed by atoms with Crippen LogP contribution in [0.5, 0.6) is 0 Å². The number of piperidine rings is 3. The van der Waals surface area contributed by atoms with Gasteiger partial charge in [0.1, 0.15) is 0 Å². The van der Waals surface area contributed by atoms with Crippen molar-refractivity contribution in [1.29, 1.82) is 0 Å². The lowest BCUT2D eigenvalue weighted by Crippen LogP contribution is -2.56. The van der Waals surface area contributed by atoms with E-state index in [1.165, 1.54) is 82.6 Å². The summed E-state index contributed by atoms with van der Waals surface area (Å²) >= 11 is 0. The van der Waals surface area contributed by atoms with E-state index in [1.54, 1.807) is 0 Å². The van der Waals surface area contributed by atoms with Crippen molar-refractivity contribution >= 4 is 0 Å². The number of fused-ring (bicyclic) bond motifs is 3. The maximum atomic E-state index is 5.20. The Labute approximate surface area is 211 Å². The highest BCUT2D eigenvalue weighted by Crippen LogP contribution is 2.43. The van der Waals surface area contributed by atoms with Gasteiger partial charge in [0.05, 0.1) is 0 Å². The fraction of sp³-hybridized carbons (Fsp3) is 0.700. The van der Waals surface area contributed by atoms with E-state index in [9.17, 15) is 0 Å². The van der Waals surface area contributed by atoms with Crippen molar-refractivity contribution in [1.82, 2.24) is 24.8 Å².